The van der Waals surface area contributed by atoms with Gasteiger partial charge in [-0.25, -0.2) is 0 Å². The molecule has 0 aliphatic heterocycles. The van der Waals surface area contributed by atoms with Gasteiger partial charge in [0.05, 0.1) is 18.7 Å². The number of carbonyl (C=O) groups excluding carboxylic acids is 5. The molecule has 0 bridgehead atoms. The van der Waals surface area contributed by atoms with Gasteiger partial charge in [0.25, 0.3) is 0 Å². The first-order valence-electron chi connectivity index (χ1n) is 15.6. The van der Waals surface area contributed by atoms with Gasteiger partial charge in [0.2, 0.25) is 11.8 Å². The molecule has 0 spiro atoms. The first kappa shape index (κ1) is 39.3. The summed E-state index contributed by atoms with van der Waals surface area (Å²) in [4.78, 5) is 64.0. The van der Waals surface area contributed by atoms with Gasteiger partial charge in [-0.15, -0.1) is 0 Å². The van der Waals surface area contributed by atoms with Crippen LogP contribution in [-0.2, 0) is 41.7 Å². The van der Waals surface area contributed by atoms with E-state index in [1.54, 1.807) is 44.2 Å². The molecule has 5 atom stereocenters. The average molecular weight is 663 g/mol. The smallest absolute Gasteiger partial charge is 0.382 e. The molecule has 12 heteroatoms. The number of aliphatic hydroxyl groups excluding tert-OH is 1. The van der Waals surface area contributed by atoms with Crippen LogP contribution in [-0.4, -0.2) is 65.2 Å². The molecule has 0 radical (unpaired) electrons. The summed E-state index contributed by atoms with van der Waals surface area (Å²) < 4.78 is 45.3. The Morgan fingerprint density at radius 3 is 1.94 bits per heavy atom. The van der Waals surface area contributed by atoms with E-state index in [2.05, 4.69) is 10.6 Å². The summed E-state index contributed by atoms with van der Waals surface area (Å²) in [5.41, 5.74) is 1.61. The number of nitrogens with one attached hydrogen (secondary N) is 2. The monoisotopic (exact) mass is 662 g/mol. The van der Waals surface area contributed by atoms with E-state index in [1.165, 1.54) is 13.8 Å². The number of ether oxygens (including phenoxy) is 1. The molecule has 2 rings (SSSR count). The quantitative estimate of drug-likeness (QED) is 0.189. The molecule has 9 nitrogen and oxygen atoms in total. The lowest BCUT2D eigenvalue weighted by molar-refractivity contribution is -0.213. The third kappa shape index (κ3) is 14.2. The Balaban J connectivity index is 2.12. The zero-order valence-corrected chi connectivity index (χ0v) is 27.2. The Bertz CT molecular complexity index is 1320. The number of benzene rings is 2. The van der Waals surface area contributed by atoms with E-state index < -0.39 is 72.4 Å². The summed E-state index contributed by atoms with van der Waals surface area (Å²) in [6, 6.07) is 15.2. The zero-order valence-electron chi connectivity index (χ0n) is 27.2. The predicted octanol–water partition coefficient (Wildman–Crippen LogP) is 4.53. The third-order valence-electron chi connectivity index (χ3n) is 7.76. The largest absolute Gasteiger partial charge is 0.416 e. The number of hydrogen-bond acceptors (Lipinski definition) is 7. The highest BCUT2D eigenvalue weighted by molar-refractivity contribution is 5.94. The Labute approximate surface area is 273 Å². The van der Waals surface area contributed by atoms with Gasteiger partial charge in [-0.05, 0) is 36.8 Å². The molecule has 3 N–H and O–H groups in total. The van der Waals surface area contributed by atoms with Gasteiger partial charge in [-0.3, -0.25) is 19.2 Å². The number of hydrogen-bond donors (Lipinski definition) is 3. The first-order chi connectivity index (χ1) is 22.1. The molecule has 0 saturated heterocycles. The van der Waals surface area contributed by atoms with Crippen LogP contribution in [0.1, 0.15) is 64.5 Å². The van der Waals surface area contributed by atoms with Crippen molar-refractivity contribution in [1.82, 2.24) is 10.6 Å². The average Bonchev–Trinajstić information content (AvgIpc) is 3.01. The summed E-state index contributed by atoms with van der Waals surface area (Å²) in [7, 11) is 0. The van der Waals surface area contributed by atoms with E-state index in [4.69, 9.17) is 4.74 Å². The molecule has 47 heavy (non-hydrogen) atoms. The molecule has 0 fully saturated rings. The van der Waals surface area contributed by atoms with Crippen LogP contribution in [0.5, 0.6) is 0 Å². The summed E-state index contributed by atoms with van der Waals surface area (Å²) in [5.74, 6) is -4.85. The Kier molecular flexibility index (Phi) is 15.9. The minimum atomic E-state index is -5.04. The normalized spacial score (nSPS) is 14.8. The fourth-order valence-electron chi connectivity index (χ4n) is 4.92. The molecule has 258 valence electrons. The van der Waals surface area contributed by atoms with E-state index in [0.717, 1.165) is 5.56 Å². The van der Waals surface area contributed by atoms with Crippen LogP contribution in [0.15, 0.2) is 60.7 Å². The van der Waals surface area contributed by atoms with Crippen molar-refractivity contribution in [3.8, 4) is 0 Å². The number of alkyl halides is 3. The maximum atomic E-state index is 13.5. The van der Waals surface area contributed by atoms with Crippen LogP contribution in [0, 0.1) is 17.8 Å². The Hall–Kier alpha value is -3.90. The number of carbonyl (C=O) groups is 5. The van der Waals surface area contributed by atoms with Crippen molar-refractivity contribution in [2.75, 3.05) is 6.61 Å². The van der Waals surface area contributed by atoms with Crippen LogP contribution in [0.25, 0.3) is 0 Å². The van der Waals surface area contributed by atoms with Gasteiger partial charge >= 0.3 is 6.18 Å². The summed E-state index contributed by atoms with van der Waals surface area (Å²) in [6.45, 7) is 6.13. The molecule has 0 aliphatic rings. The lowest BCUT2D eigenvalue weighted by atomic mass is 9.88. The van der Waals surface area contributed by atoms with Crippen molar-refractivity contribution in [2.45, 2.75) is 90.8 Å². The molecule has 0 aromatic heterocycles. The molecular formula is C35H45F3N2O7. The van der Waals surface area contributed by atoms with Crippen LogP contribution in [0.4, 0.5) is 13.2 Å². The van der Waals surface area contributed by atoms with Crippen LogP contribution < -0.4 is 10.6 Å². The van der Waals surface area contributed by atoms with Crippen molar-refractivity contribution in [3.63, 3.8) is 0 Å². The van der Waals surface area contributed by atoms with Crippen LogP contribution in [0.2, 0.25) is 0 Å². The molecule has 0 saturated carbocycles. The highest BCUT2D eigenvalue weighted by Gasteiger charge is 2.44. The number of halogens is 3. The number of rotatable bonds is 20. The standard InChI is InChI=1S/C35H45F3N2O7/c1-22(2)28(19-27(42)21-47-20-26-13-9-6-10-14-26)34(46)40-30(18-25-11-7-5-8-12-25)31(43)17-23(3)33(45)39-29(16-15-24(4)41)32(44)35(36,37)38/h5-14,22-23,28-30,32,44H,15-21H2,1-4H3,(H,39,45)(H,40,46)/t23-,28+,29?,30+,32?/m1/s1. The van der Waals surface area contributed by atoms with E-state index in [0.29, 0.717) is 5.56 Å². The molecule has 2 amide bonds. The fourth-order valence-corrected chi connectivity index (χ4v) is 4.92. The predicted molar refractivity (Wildman–Crippen MR) is 169 cm³/mol. The Morgan fingerprint density at radius 1 is 0.830 bits per heavy atom. The number of aliphatic hydroxyl groups is 1. The van der Waals surface area contributed by atoms with Gasteiger partial charge < -0.3 is 25.3 Å². The van der Waals surface area contributed by atoms with Gasteiger partial charge in [0, 0.05) is 31.1 Å². The van der Waals surface area contributed by atoms with Crippen molar-refractivity contribution < 1.29 is 47.0 Å². The van der Waals surface area contributed by atoms with Gasteiger partial charge in [0.15, 0.2) is 17.7 Å². The lowest BCUT2D eigenvalue weighted by Gasteiger charge is -2.27. The molecule has 0 aliphatic carbocycles. The second kappa shape index (κ2) is 19.0. The van der Waals surface area contributed by atoms with Crippen LogP contribution in [0.3, 0.4) is 0 Å². The number of amides is 2. The zero-order chi connectivity index (χ0) is 35.1. The van der Waals surface area contributed by atoms with E-state index in [-0.39, 0.29) is 44.2 Å². The lowest BCUT2D eigenvalue weighted by Crippen LogP contribution is -2.52. The van der Waals surface area contributed by atoms with Gasteiger partial charge in [-0.2, -0.15) is 13.2 Å². The van der Waals surface area contributed by atoms with Crippen molar-refractivity contribution in [2.24, 2.45) is 17.8 Å². The fraction of sp³-hybridized carbons (Fsp3) is 0.514. The van der Waals surface area contributed by atoms with E-state index in [1.807, 2.05) is 30.3 Å². The van der Waals surface area contributed by atoms with Crippen LogP contribution >= 0.6 is 0 Å². The number of ketones is 3. The molecule has 2 unspecified atom stereocenters. The minimum absolute atomic E-state index is 0.0761. The molecule has 2 aromatic carbocycles. The second-order valence-electron chi connectivity index (χ2n) is 12.2. The van der Waals surface area contributed by atoms with E-state index in [9.17, 15) is 42.3 Å². The first-order valence-corrected chi connectivity index (χ1v) is 15.6. The summed E-state index contributed by atoms with van der Waals surface area (Å²) in [5, 5.41) is 14.7. The highest BCUT2D eigenvalue weighted by Crippen LogP contribution is 2.25. The SMILES string of the molecule is CC(=O)CCC(NC(=O)[C@H](C)CC(=O)[C@H](Cc1ccccc1)NC(=O)[C@@H](CC(=O)COCc1ccccc1)C(C)C)C(O)C(F)(F)F. The summed E-state index contributed by atoms with van der Waals surface area (Å²) in [6.07, 6.45) is -9.15. The second-order valence-corrected chi connectivity index (χ2v) is 12.2. The van der Waals surface area contributed by atoms with Gasteiger partial charge in [0.1, 0.15) is 12.4 Å². The maximum absolute atomic E-state index is 13.5. The Morgan fingerprint density at radius 2 is 1.40 bits per heavy atom. The minimum Gasteiger partial charge on any atom is -0.382 e. The van der Waals surface area contributed by atoms with Crippen molar-refractivity contribution in [1.29, 1.82) is 0 Å². The highest BCUT2D eigenvalue weighted by atomic mass is 19.4. The van der Waals surface area contributed by atoms with Gasteiger partial charge in [-0.1, -0.05) is 81.4 Å². The third-order valence-corrected chi connectivity index (χ3v) is 7.76. The van der Waals surface area contributed by atoms with E-state index >= 15 is 0 Å². The molecule has 2 aromatic rings. The summed E-state index contributed by atoms with van der Waals surface area (Å²) >= 11 is 0. The molecule has 0 heterocycles. The van der Waals surface area contributed by atoms with Crippen molar-refractivity contribution in [3.05, 3.63) is 71.8 Å². The maximum Gasteiger partial charge on any atom is 0.416 e. The molecular weight excluding hydrogens is 617 g/mol. The number of Topliss-reactive ketones (excluding diaryl/α,β-unsaturated/α-hetero) is 3. The van der Waals surface area contributed by atoms with Crippen molar-refractivity contribution >= 4 is 29.2 Å². The topological polar surface area (TPSA) is 139 Å².